The van der Waals surface area contributed by atoms with Gasteiger partial charge in [-0.3, -0.25) is 9.35 Å². The number of nitrogens with zero attached hydrogens (tertiary/aromatic N) is 1. The van der Waals surface area contributed by atoms with E-state index in [1.165, 1.54) is 0 Å². The van der Waals surface area contributed by atoms with Crippen LogP contribution in [-0.4, -0.2) is 37.4 Å². The van der Waals surface area contributed by atoms with E-state index in [-0.39, 0.29) is 0 Å². The van der Waals surface area contributed by atoms with Crippen molar-refractivity contribution in [2.75, 3.05) is 13.6 Å². The summed E-state index contributed by atoms with van der Waals surface area (Å²) in [6.07, 6.45) is 1.81. The molecule has 0 radical (unpaired) electrons. The van der Waals surface area contributed by atoms with Gasteiger partial charge in [0.15, 0.2) is 0 Å². The lowest BCUT2D eigenvalue weighted by molar-refractivity contribution is -0.126. The van der Waals surface area contributed by atoms with Gasteiger partial charge in [-0.15, -0.1) is 0 Å². The van der Waals surface area contributed by atoms with Crippen LogP contribution in [0.4, 0.5) is 0 Å². The first-order valence-corrected chi connectivity index (χ1v) is 4.83. The van der Waals surface area contributed by atoms with E-state index in [0.29, 0.717) is 5.91 Å². The van der Waals surface area contributed by atoms with Crippen LogP contribution in [-0.2, 0) is 19.5 Å². The Labute approximate surface area is 76.4 Å². The highest BCUT2D eigenvalue weighted by molar-refractivity contribution is 7.80. The van der Waals surface area contributed by atoms with Gasteiger partial charge in [0.25, 0.3) is 0 Å². The SMILES string of the molecule is CN1CCCC1=O.NOS(=O)(=O)O. The van der Waals surface area contributed by atoms with Gasteiger partial charge in [-0.1, -0.05) is 0 Å². The van der Waals surface area contributed by atoms with Crippen molar-refractivity contribution in [1.82, 2.24) is 4.90 Å². The highest BCUT2D eigenvalue weighted by atomic mass is 32.3. The molecule has 1 aliphatic heterocycles. The van der Waals surface area contributed by atoms with Crippen LogP contribution in [0.15, 0.2) is 0 Å². The number of amides is 1. The molecule has 0 spiro atoms. The quantitative estimate of drug-likeness (QED) is 0.422. The lowest BCUT2D eigenvalue weighted by atomic mass is 10.4. The predicted octanol–water partition coefficient (Wildman–Crippen LogP) is -1.08. The van der Waals surface area contributed by atoms with E-state index in [2.05, 4.69) is 10.2 Å². The summed E-state index contributed by atoms with van der Waals surface area (Å²) >= 11 is 0. The summed E-state index contributed by atoms with van der Waals surface area (Å²) in [5, 5.41) is 0. The third-order valence-corrected chi connectivity index (χ3v) is 1.67. The maximum absolute atomic E-state index is 10.5. The van der Waals surface area contributed by atoms with Crippen molar-refractivity contribution in [2.24, 2.45) is 5.90 Å². The Morgan fingerprint density at radius 1 is 1.62 bits per heavy atom. The third-order valence-electron chi connectivity index (χ3n) is 1.43. The van der Waals surface area contributed by atoms with Crippen molar-refractivity contribution in [3.63, 3.8) is 0 Å². The number of hydrogen-bond acceptors (Lipinski definition) is 5. The second kappa shape index (κ2) is 5.12. The summed E-state index contributed by atoms with van der Waals surface area (Å²) in [7, 11) is -2.54. The van der Waals surface area contributed by atoms with Crippen molar-refractivity contribution in [3.05, 3.63) is 0 Å². The number of likely N-dealkylation sites (tertiary alicyclic amines) is 1. The molecule has 78 valence electrons. The molecule has 1 amide bonds. The first-order valence-electron chi connectivity index (χ1n) is 3.46. The van der Waals surface area contributed by atoms with Crippen LogP contribution in [0.5, 0.6) is 0 Å². The Morgan fingerprint density at radius 2 is 2.08 bits per heavy atom. The van der Waals surface area contributed by atoms with Crippen LogP contribution in [0.2, 0.25) is 0 Å². The molecule has 1 rings (SSSR count). The Hall–Kier alpha value is -0.700. The summed E-state index contributed by atoms with van der Waals surface area (Å²) in [5.41, 5.74) is 0. The fraction of sp³-hybridized carbons (Fsp3) is 0.800. The monoisotopic (exact) mass is 212 g/mol. The van der Waals surface area contributed by atoms with Gasteiger partial charge < -0.3 is 4.90 Å². The van der Waals surface area contributed by atoms with E-state index in [1.54, 1.807) is 4.90 Å². The van der Waals surface area contributed by atoms with E-state index in [0.717, 1.165) is 19.4 Å². The normalized spacial score (nSPS) is 16.8. The first kappa shape index (κ1) is 12.3. The first-order chi connectivity index (χ1) is 5.87. The summed E-state index contributed by atoms with van der Waals surface area (Å²) in [6, 6.07) is 0. The molecule has 0 unspecified atom stereocenters. The fourth-order valence-corrected chi connectivity index (χ4v) is 0.783. The number of hydrogen-bond donors (Lipinski definition) is 2. The largest absolute Gasteiger partial charge is 0.413 e. The van der Waals surface area contributed by atoms with Gasteiger partial charge in [0.1, 0.15) is 0 Å². The van der Waals surface area contributed by atoms with E-state index >= 15 is 0 Å². The van der Waals surface area contributed by atoms with Crippen LogP contribution in [0, 0.1) is 0 Å². The van der Waals surface area contributed by atoms with E-state index in [9.17, 15) is 13.2 Å². The molecule has 1 aliphatic rings. The van der Waals surface area contributed by atoms with Crippen LogP contribution in [0.25, 0.3) is 0 Å². The zero-order valence-corrected chi connectivity index (χ0v) is 7.95. The van der Waals surface area contributed by atoms with Crippen LogP contribution in [0.3, 0.4) is 0 Å². The molecule has 0 atom stereocenters. The lowest BCUT2D eigenvalue weighted by Gasteiger charge is -2.03. The number of nitrogens with two attached hydrogens (primary N) is 1. The minimum Gasteiger partial charge on any atom is -0.346 e. The van der Waals surface area contributed by atoms with Crippen molar-refractivity contribution in [2.45, 2.75) is 12.8 Å². The van der Waals surface area contributed by atoms with Gasteiger partial charge in [-0.25, -0.2) is 0 Å². The zero-order chi connectivity index (χ0) is 10.5. The predicted molar refractivity (Wildman–Crippen MR) is 43.7 cm³/mol. The summed E-state index contributed by atoms with van der Waals surface area (Å²) in [6.45, 7) is 0.957. The number of carbonyl (C=O) groups is 1. The van der Waals surface area contributed by atoms with Gasteiger partial charge in [0, 0.05) is 20.0 Å². The van der Waals surface area contributed by atoms with Crippen LogP contribution in [0.1, 0.15) is 12.8 Å². The average molecular weight is 212 g/mol. The summed E-state index contributed by atoms with van der Waals surface area (Å²) in [5.74, 6) is 4.26. The number of rotatable bonds is 1. The minimum atomic E-state index is -4.38. The van der Waals surface area contributed by atoms with Crippen LogP contribution < -0.4 is 5.90 Å². The molecule has 8 heteroatoms. The zero-order valence-electron chi connectivity index (χ0n) is 7.13. The second-order valence-corrected chi connectivity index (χ2v) is 3.49. The minimum absolute atomic E-state index is 0.292. The van der Waals surface area contributed by atoms with Gasteiger partial charge in [-0.2, -0.15) is 18.6 Å². The Bertz CT molecular complexity index is 262. The highest BCUT2D eigenvalue weighted by Gasteiger charge is 2.14. The topological polar surface area (TPSA) is 110 Å². The molecular formula is C5H12N2O5S. The Balaban J connectivity index is 0.000000226. The molecule has 13 heavy (non-hydrogen) atoms. The van der Waals surface area contributed by atoms with Gasteiger partial charge in [0.2, 0.25) is 5.91 Å². The molecule has 1 heterocycles. The van der Waals surface area contributed by atoms with E-state index in [4.69, 9.17) is 4.55 Å². The Kier molecular flexibility index (Phi) is 4.85. The third kappa shape index (κ3) is 6.46. The molecule has 1 saturated heterocycles. The molecule has 0 bridgehead atoms. The molecule has 0 aromatic heterocycles. The standard InChI is InChI=1S/C5H9NO.H3NO4S/c1-6-4-2-3-5(6)7;1-5-6(2,3)4/h2-4H2,1H3;1H2,(H,2,3,4). The molecular weight excluding hydrogens is 200 g/mol. The molecule has 3 N–H and O–H groups in total. The van der Waals surface area contributed by atoms with Gasteiger partial charge >= 0.3 is 10.4 Å². The molecule has 0 aliphatic carbocycles. The molecule has 7 nitrogen and oxygen atoms in total. The number of carbonyl (C=O) groups excluding carboxylic acids is 1. The van der Waals surface area contributed by atoms with Crippen molar-refractivity contribution in [1.29, 1.82) is 0 Å². The lowest BCUT2D eigenvalue weighted by Crippen LogP contribution is -2.17. The second-order valence-electron chi connectivity index (χ2n) is 2.44. The fourth-order valence-electron chi connectivity index (χ4n) is 0.783. The van der Waals surface area contributed by atoms with E-state index in [1.807, 2.05) is 7.05 Å². The van der Waals surface area contributed by atoms with Crippen LogP contribution >= 0.6 is 0 Å². The molecule has 1 fully saturated rings. The van der Waals surface area contributed by atoms with E-state index < -0.39 is 10.4 Å². The summed E-state index contributed by atoms with van der Waals surface area (Å²) in [4.78, 5) is 12.3. The molecule has 0 aromatic carbocycles. The summed E-state index contributed by atoms with van der Waals surface area (Å²) < 4.78 is 28.8. The average Bonchev–Trinajstić information content (AvgIpc) is 2.36. The maximum atomic E-state index is 10.5. The van der Waals surface area contributed by atoms with Crippen molar-refractivity contribution < 1.29 is 22.0 Å². The smallest absolute Gasteiger partial charge is 0.346 e. The van der Waals surface area contributed by atoms with Crippen molar-refractivity contribution >= 4 is 16.3 Å². The van der Waals surface area contributed by atoms with Gasteiger partial charge in [0.05, 0.1) is 0 Å². The van der Waals surface area contributed by atoms with Gasteiger partial charge in [-0.05, 0) is 6.42 Å². The Morgan fingerprint density at radius 3 is 2.15 bits per heavy atom. The highest BCUT2D eigenvalue weighted by Crippen LogP contribution is 2.04. The molecule has 0 saturated carbocycles. The van der Waals surface area contributed by atoms with Crippen molar-refractivity contribution in [3.8, 4) is 0 Å². The molecule has 0 aromatic rings. The maximum Gasteiger partial charge on any atom is 0.413 e.